The van der Waals surface area contributed by atoms with E-state index in [2.05, 4.69) is 37.2 Å². The third-order valence-electron chi connectivity index (χ3n) is 1.97. The fourth-order valence-electron chi connectivity index (χ4n) is 1.26. The third kappa shape index (κ3) is 3.88. The Bertz CT molecular complexity index is 382. The molecule has 1 unspecified atom stereocenters. The summed E-state index contributed by atoms with van der Waals surface area (Å²) in [6.45, 7) is 2.39. The average molecular weight is 351 g/mol. The van der Waals surface area contributed by atoms with Gasteiger partial charge >= 0.3 is 0 Å². The fraction of sp³-hybridized carbons (Fsp3) is 0.364. The van der Waals surface area contributed by atoms with Crippen LogP contribution in [0.25, 0.3) is 0 Å². The molecule has 0 heterocycles. The topological polar surface area (TPSA) is 38.3 Å². The molecule has 0 radical (unpaired) electrons. The zero-order valence-electron chi connectivity index (χ0n) is 9.09. The van der Waals surface area contributed by atoms with Gasteiger partial charge in [-0.2, -0.15) is 0 Å². The van der Waals surface area contributed by atoms with Crippen LogP contribution >= 0.6 is 31.9 Å². The van der Waals surface area contributed by atoms with Crippen molar-refractivity contribution in [3.8, 4) is 0 Å². The van der Waals surface area contributed by atoms with Gasteiger partial charge in [0, 0.05) is 22.1 Å². The Hall–Kier alpha value is -0.390. The minimum Gasteiger partial charge on any atom is -0.383 e. The molecule has 1 aromatic carbocycles. The number of amides is 1. The molecule has 88 valence electrons. The first-order valence-corrected chi connectivity index (χ1v) is 6.38. The largest absolute Gasteiger partial charge is 0.383 e. The van der Waals surface area contributed by atoms with E-state index in [0.29, 0.717) is 12.2 Å². The molecule has 0 saturated carbocycles. The lowest BCUT2D eigenvalue weighted by atomic mass is 10.2. The Labute approximate surface area is 112 Å². The third-order valence-corrected chi connectivity index (χ3v) is 3.15. The summed E-state index contributed by atoms with van der Waals surface area (Å²) in [4.78, 5) is 11.9. The maximum Gasteiger partial charge on any atom is 0.252 e. The molecule has 0 aliphatic carbocycles. The number of rotatable bonds is 4. The summed E-state index contributed by atoms with van der Waals surface area (Å²) >= 11 is 6.68. The Balaban J connectivity index is 2.76. The molecular weight excluding hydrogens is 338 g/mol. The van der Waals surface area contributed by atoms with Gasteiger partial charge in [0.25, 0.3) is 5.91 Å². The quantitative estimate of drug-likeness (QED) is 0.906. The first-order chi connectivity index (χ1) is 7.54. The van der Waals surface area contributed by atoms with Gasteiger partial charge in [0.1, 0.15) is 0 Å². The van der Waals surface area contributed by atoms with E-state index in [9.17, 15) is 4.79 Å². The summed E-state index contributed by atoms with van der Waals surface area (Å²) in [5, 5.41) is 2.85. The molecule has 0 aliphatic heterocycles. The molecule has 3 nitrogen and oxygen atoms in total. The number of methoxy groups -OCH3 is 1. The van der Waals surface area contributed by atoms with E-state index in [4.69, 9.17) is 4.74 Å². The number of carbonyl (C=O) groups excluding carboxylic acids is 1. The van der Waals surface area contributed by atoms with Crippen LogP contribution in [0, 0.1) is 0 Å². The van der Waals surface area contributed by atoms with Crippen molar-refractivity contribution in [2.45, 2.75) is 13.0 Å². The van der Waals surface area contributed by atoms with Crippen molar-refractivity contribution in [2.24, 2.45) is 0 Å². The number of hydrogen-bond donors (Lipinski definition) is 1. The smallest absolute Gasteiger partial charge is 0.252 e. The van der Waals surface area contributed by atoms with Crippen molar-refractivity contribution in [2.75, 3.05) is 13.7 Å². The zero-order valence-corrected chi connectivity index (χ0v) is 12.3. The Morgan fingerprint density at radius 1 is 1.50 bits per heavy atom. The van der Waals surface area contributed by atoms with E-state index in [0.717, 1.165) is 8.95 Å². The van der Waals surface area contributed by atoms with Crippen LogP contribution in [0.15, 0.2) is 27.1 Å². The minimum absolute atomic E-state index is 0.0108. The highest BCUT2D eigenvalue weighted by Gasteiger charge is 2.12. The lowest BCUT2D eigenvalue weighted by Crippen LogP contribution is -2.35. The Kier molecular flexibility index (Phi) is 5.44. The van der Waals surface area contributed by atoms with Gasteiger partial charge in [0.2, 0.25) is 0 Å². The second-order valence-electron chi connectivity index (χ2n) is 3.45. The van der Waals surface area contributed by atoms with E-state index in [1.54, 1.807) is 13.2 Å². The van der Waals surface area contributed by atoms with E-state index in [-0.39, 0.29) is 11.9 Å². The van der Waals surface area contributed by atoms with E-state index in [1.165, 1.54) is 0 Å². The molecule has 0 saturated heterocycles. The zero-order chi connectivity index (χ0) is 12.1. The lowest BCUT2D eigenvalue weighted by molar-refractivity contribution is 0.0905. The summed E-state index contributed by atoms with van der Waals surface area (Å²) in [5.41, 5.74) is 0.609. The first kappa shape index (κ1) is 13.7. The monoisotopic (exact) mass is 349 g/mol. The summed E-state index contributed by atoms with van der Waals surface area (Å²) in [6.07, 6.45) is 0. The highest BCUT2D eigenvalue weighted by atomic mass is 79.9. The number of nitrogens with one attached hydrogen (secondary N) is 1. The number of carbonyl (C=O) groups is 1. The van der Waals surface area contributed by atoms with Gasteiger partial charge in [-0.25, -0.2) is 0 Å². The number of halogens is 2. The van der Waals surface area contributed by atoms with Crippen molar-refractivity contribution >= 4 is 37.8 Å². The first-order valence-electron chi connectivity index (χ1n) is 4.79. The molecule has 0 aromatic heterocycles. The Morgan fingerprint density at radius 2 is 2.19 bits per heavy atom. The van der Waals surface area contributed by atoms with Crippen LogP contribution in [0.1, 0.15) is 17.3 Å². The van der Waals surface area contributed by atoms with Crippen LogP contribution < -0.4 is 5.32 Å². The molecule has 0 fully saturated rings. The van der Waals surface area contributed by atoms with Gasteiger partial charge in [-0.1, -0.05) is 15.9 Å². The van der Waals surface area contributed by atoms with Gasteiger partial charge in [-0.15, -0.1) is 0 Å². The molecule has 1 aromatic rings. The molecule has 1 N–H and O–H groups in total. The predicted octanol–water partition coefficient (Wildman–Crippen LogP) is 2.98. The second-order valence-corrected chi connectivity index (χ2v) is 5.22. The molecule has 1 atom stereocenters. The van der Waals surface area contributed by atoms with E-state index in [1.807, 2.05) is 19.1 Å². The van der Waals surface area contributed by atoms with Crippen LogP contribution in [-0.2, 0) is 4.74 Å². The maximum atomic E-state index is 11.9. The van der Waals surface area contributed by atoms with Crippen LogP contribution in [0.2, 0.25) is 0 Å². The van der Waals surface area contributed by atoms with Gasteiger partial charge in [0.15, 0.2) is 0 Å². The normalized spacial score (nSPS) is 12.2. The molecule has 0 spiro atoms. The summed E-state index contributed by atoms with van der Waals surface area (Å²) in [7, 11) is 1.61. The molecule has 1 amide bonds. The van der Waals surface area contributed by atoms with Crippen LogP contribution in [0.5, 0.6) is 0 Å². The summed E-state index contributed by atoms with van der Waals surface area (Å²) < 4.78 is 6.61. The molecule has 0 bridgehead atoms. The second kappa shape index (κ2) is 6.37. The molecule has 0 aliphatic rings. The van der Waals surface area contributed by atoms with Gasteiger partial charge in [-0.3, -0.25) is 4.79 Å². The fourth-order valence-corrected chi connectivity index (χ4v) is 2.05. The maximum absolute atomic E-state index is 11.9. The highest BCUT2D eigenvalue weighted by molar-refractivity contribution is 9.11. The predicted molar refractivity (Wildman–Crippen MR) is 70.6 cm³/mol. The SMILES string of the molecule is COCC(C)NC(=O)c1cc(Br)ccc1Br. The van der Waals surface area contributed by atoms with Gasteiger partial charge < -0.3 is 10.1 Å². The van der Waals surface area contributed by atoms with Crippen molar-refractivity contribution in [1.29, 1.82) is 0 Å². The van der Waals surface area contributed by atoms with Crippen molar-refractivity contribution in [3.63, 3.8) is 0 Å². The Morgan fingerprint density at radius 3 is 2.81 bits per heavy atom. The molecule has 1 rings (SSSR count). The van der Waals surface area contributed by atoms with Gasteiger partial charge in [0.05, 0.1) is 12.2 Å². The summed E-state index contributed by atoms with van der Waals surface area (Å²) in [5.74, 6) is -0.113. The van der Waals surface area contributed by atoms with Crippen LogP contribution in [0.3, 0.4) is 0 Å². The van der Waals surface area contributed by atoms with Crippen molar-refractivity contribution < 1.29 is 9.53 Å². The standard InChI is InChI=1S/C11H13Br2NO2/c1-7(6-16-2)14-11(15)9-5-8(12)3-4-10(9)13/h3-5,7H,6H2,1-2H3,(H,14,15). The van der Waals surface area contributed by atoms with Crippen molar-refractivity contribution in [1.82, 2.24) is 5.32 Å². The minimum atomic E-state index is -0.113. The molecule has 16 heavy (non-hydrogen) atoms. The number of benzene rings is 1. The van der Waals surface area contributed by atoms with E-state index >= 15 is 0 Å². The van der Waals surface area contributed by atoms with Gasteiger partial charge in [-0.05, 0) is 41.1 Å². The average Bonchev–Trinajstić information content (AvgIpc) is 2.21. The van der Waals surface area contributed by atoms with Crippen molar-refractivity contribution in [3.05, 3.63) is 32.7 Å². The number of hydrogen-bond acceptors (Lipinski definition) is 2. The molecular formula is C11H13Br2NO2. The van der Waals surface area contributed by atoms with Crippen LogP contribution in [0.4, 0.5) is 0 Å². The highest BCUT2D eigenvalue weighted by Crippen LogP contribution is 2.21. The number of ether oxygens (including phenoxy) is 1. The summed E-state index contributed by atoms with van der Waals surface area (Å²) in [6, 6.07) is 5.47. The van der Waals surface area contributed by atoms with E-state index < -0.39 is 0 Å². The lowest BCUT2D eigenvalue weighted by Gasteiger charge is -2.13. The van der Waals surface area contributed by atoms with Crippen LogP contribution in [-0.4, -0.2) is 25.7 Å². The molecule has 5 heteroatoms.